The van der Waals surface area contributed by atoms with Gasteiger partial charge in [0.2, 0.25) is 0 Å². The van der Waals surface area contributed by atoms with Crippen LogP contribution >= 0.6 is 0 Å². The highest BCUT2D eigenvalue weighted by Crippen LogP contribution is 2.14. The Hall–Kier alpha value is -2.82. The topological polar surface area (TPSA) is 84.2 Å². The van der Waals surface area contributed by atoms with Gasteiger partial charge in [0, 0.05) is 28.0 Å². The molecule has 126 valence electrons. The van der Waals surface area contributed by atoms with E-state index in [4.69, 9.17) is 5.73 Å². The second kappa shape index (κ2) is 7.17. The van der Waals surface area contributed by atoms with Crippen molar-refractivity contribution in [3.8, 4) is 0 Å². The van der Waals surface area contributed by atoms with Crippen molar-refractivity contribution in [3.05, 3.63) is 59.7 Å². The number of anilines is 2. The summed E-state index contributed by atoms with van der Waals surface area (Å²) in [5.74, 6) is -0.373. The fourth-order valence-electron chi connectivity index (χ4n) is 2.06. The summed E-state index contributed by atoms with van der Waals surface area (Å²) < 4.78 is 0. The predicted octanol–water partition coefficient (Wildman–Crippen LogP) is 3.44. The lowest BCUT2D eigenvalue weighted by molar-refractivity contribution is 0.0911. The van der Waals surface area contributed by atoms with E-state index in [9.17, 15) is 9.59 Å². The Morgan fingerprint density at radius 1 is 1.00 bits per heavy atom. The van der Waals surface area contributed by atoms with Crippen molar-refractivity contribution in [2.45, 2.75) is 32.7 Å². The normalized spacial score (nSPS) is 11.0. The zero-order valence-corrected chi connectivity index (χ0v) is 14.2. The summed E-state index contributed by atoms with van der Waals surface area (Å²) >= 11 is 0. The number of nitrogens with two attached hydrogens (primary N) is 1. The van der Waals surface area contributed by atoms with Gasteiger partial charge in [-0.15, -0.1) is 0 Å². The number of carbonyl (C=O) groups excluding carboxylic acids is 2. The summed E-state index contributed by atoms with van der Waals surface area (Å²) in [6, 6.07) is 13.6. The molecule has 0 aromatic heterocycles. The second-order valence-corrected chi connectivity index (χ2v) is 6.35. The van der Waals surface area contributed by atoms with E-state index in [0.717, 1.165) is 6.42 Å². The third kappa shape index (κ3) is 4.59. The highest BCUT2D eigenvalue weighted by molar-refractivity contribution is 6.05. The van der Waals surface area contributed by atoms with Crippen molar-refractivity contribution in [1.82, 2.24) is 5.32 Å². The van der Waals surface area contributed by atoms with Crippen molar-refractivity contribution < 1.29 is 9.59 Å². The molecule has 0 aliphatic heterocycles. The molecule has 0 spiro atoms. The summed E-state index contributed by atoms with van der Waals surface area (Å²) in [6.45, 7) is 5.98. The first kappa shape index (κ1) is 17.5. The number of nitrogens with one attached hydrogen (secondary N) is 2. The van der Waals surface area contributed by atoms with Crippen LogP contribution in [0.25, 0.3) is 0 Å². The van der Waals surface area contributed by atoms with E-state index < -0.39 is 0 Å². The van der Waals surface area contributed by atoms with Crippen LogP contribution in [-0.4, -0.2) is 17.4 Å². The molecule has 0 bridgehead atoms. The van der Waals surface area contributed by atoms with E-state index >= 15 is 0 Å². The number of hydrogen-bond acceptors (Lipinski definition) is 3. The first-order valence-electron chi connectivity index (χ1n) is 7.90. The Morgan fingerprint density at radius 2 is 1.67 bits per heavy atom. The molecule has 0 saturated heterocycles. The van der Waals surface area contributed by atoms with Gasteiger partial charge >= 0.3 is 0 Å². The molecule has 24 heavy (non-hydrogen) atoms. The van der Waals surface area contributed by atoms with Gasteiger partial charge < -0.3 is 16.4 Å². The summed E-state index contributed by atoms with van der Waals surface area (Å²) in [7, 11) is 0. The third-order valence-electron chi connectivity index (χ3n) is 3.89. The fourth-order valence-corrected chi connectivity index (χ4v) is 2.06. The van der Waals surface area contributed by atoms with Gasteiger partial charge in [0.1, 0.15) is 0 Å². The van der Waals surface area contributed by atoms with E-state index in [1.165, 1.54) is 0 Å². The zero-order chi connectivity index (χ0) is 17.7. The van der Waals surface area contributed by atoms with Crippen LogP contribution in [0.3, 0.4) is 0 Å². The lowest BCUT2D eigenvalue weighted by atomic mass is 10.0. The lowest BCUT2D eigenvalue weighted by Crippen LogP contribution is -2.42. The number of rotatable bonds is 5. The predicted molar refractivity (Wildman–Crippen MR) is 97.1 cm³/mol. The van der Waals surface area contributed by atoms with E-state index in [1.807, 2.05) is 20.8 Å². The number of nitrogen functional groups attached to an aromatic ring is 1. The first-order chi connectivity index (χ1) is 11.3. The van der Waals surface area contributed by atoms with E-state index in [2.05, 4.69) is 10.6 Å². The number of hydrogen-bond donors (Lipinski definition) is 3. The molecule has 0 fully saturated rings. The average molecular weight is 325 g/mol. The largest absolute Gasteiger partial charge is 0.399 e. The monoisotopic (exact) mass is 325 g/mol. The summed E-state index contributed by atoms with van der Waals surface area (Å²) in [6.07, 6.45) is 0.840. The summed E-state index contributed by atoms with van der Waals surface area (Å²) in [5.41, 5.74) is 7.62. The quantitative estimate of drug-likeness (QED) is 0.736. The molecule has 0 unspecified atom stereocenters. The molecular formula is C19H23N3O2. The van der Waals surface area contributed by atoms with Gasteiger partial charge in [-0.05, 0) is 62.7 Å². The molecule has 2 aromatic rings. The van der Waals surface area contributed by atoms with Crippen LogP contribution in [0, 0.1) is 0 Å². The number of carbonyl (C=O) groups is 2. The highest BCUT2D eigenvalue weighted by Gasteiger charge is 2.18. The number of benzene rings is 2. The van der Waals surface area contributed by atoms with Gasteiger partial charge in [-0.3, -0.25) is 9.59 Å². The first-order valence-corrected chi connectivity index (χ1v) is 7.90. The van der Waals surface area contributed by atoms with Crippen LogP contribution in [0.1, 0.15) is 47.9 Å². The molecule has 2 aromatic carbocycles. The third-order valence-corrected chi connectivity index (χ3v) is 3.89. The van der Waals surface area contributed by atoms with Crippen LogP contribution in [0.4, 0.5) is 11.4 Å². The van der Waals surface area contributed by atoms with E-state index in [1.54, 1.807) is 48.5 Å². The Balaban J connectivity index is 2.04. The van der Waals surface area contributed by atoms with Crippen LogP contribution in [0.2, 0.25) is 0 Å². The second-order valence-electron chi connectivity index (χ2n) is 6.35. The molecule has 0 aliphatic rings. The van der Waals surface area contributed by atoms with Crippen LogP contribution in [0.15, 0.2) is 48.5 Å². The van der Waals surface area contributed by atoms with Gasteiger partial charge in [0.05, 0.1) is 0 Å². The van der Waals surface area contributed by atoms with Gasteiger partial charge in [-0.1, -0.05) is 13.0 Å². The van der Waals surface area contributed by atoms with Crippen LogP contribution in [0.5, 0.6) is 0 Å². The maximum Gasteiger partial charge on any atom is 0.255 e. The molecule has 0 aliphatic carbocycles. The van der Waals surface area contributed by atoms with Gasteiger partial charge in [0.25, 0.3) is 11.8 Å². The smallest absolute Gasteiger partial charge is 0.255 e. The standard InChI is InChI=1S/C19H23N3O2/c1-4-19(2,3)22-18(24)13-8-10-16(11-9-13)21-17(23)14-6-5-7-15(20)12-14/h5-12H,4,20H2,1-3H3,(H,21,23)(H,22,24). The SMILES string of the molecule is CCC(C)(C)NC(=O)c1ccc(NC(=O)c2cccc(N)c2)cc1. The highest BCUT2D eigenvalue weighted by atomic mass is 16.2. The molecule has 0 radical (unpaired) electrons. The molecule has 2 rings (SSSR count). The Labute approximate surface area is 142 Å². The minimum absolute atomic E-state index is 0.129. The molecule has 0 heterocycles. The van der Waals surface area contributed by atoms with Crippen molar-refractivity contribution in [1.29, 1.82) is 0 Å². The Bertz CT molecular complexity index is 737. The van der Waals surface area contributed by atoms with Crippen molar-refractivity contribution >= 4 is 23.2 Å². The maximum absolute atomic E-state index is 12.2. The summed E-state index contributed by atoms with van der Waals surface area (Å²) in [4.78, 5) is 24.4. The zero-order valence-electron chi connectivity index (χ0n) is 14.2. The average Bonchev–Trinajstić information content (AvgIpc) is 2.55. The minimum Gasteiger partial charge on any atom is -0.399 e. The van der Waals surface area contributed by atoms with E-state index in [0.29, 0.717) is 22.5 Å². The molecule has 0 atom stereocenters. The van der Waals surface area contributed by atoms with Gasteiger partial charge in [-0.25, -0.2) is 0 Å². The molecule has 2 amide bonds. The van der Waals surface area contributed by atoms with Crippen LogP contribution < -0.4 is 16.4 Å². The minimum atomic E-state index is -0.253. The van der Waals surface area contributed by atoms with Crippen molar-refractivity contribution in [2.24, 2.45) is 0 Å². The summed E-state index contributed by atoms with van der Waals surface area (Å²) in [5, 5.41) is 5.76. The number of amides is 2. The molecule has 5 nitrogen and oxygen atoms in total. The fraction of sp³-hybridized carbons (Fsp3) is 0.263. The molecule has 5 heteroatoms. The molecular weight excluding hydrogens is 302 g/mol. The van der Waals surface area contributed by atoms with Crippen molar-refractivity contribution in [3.63, 3.8) is 0 Å². The van der Waals surface area contributed by atoms with E-state index in [-0.39, 0.29) is 17.4 Å². The maximum atomic E-state index is 12.2. The lowest BCUT2D eigenvalue weighted by Gasteiger charge is -2.24. The molecule has 0 saturated carbocycles. The molecule has 4 N–H and O–H groups in total. The van der Waals surface area contributed by atoms with Crippen LogP contribution in [-0.2, 0) is 0 Å². The van der Waals surface area contributed by atoms with Gasteiger partial charge in [0.15, 0.2) is 0 Å². The Morgan fingerprint density at radius 3 is 2.25 bits per heavy atom. The van der Waals surface area contributed by atoms with Gasteiger partial charge in [-0.2, -0.15) is 0 Å². The Kier molecular flexibility index (Phi) is 5.24. The van der Waals surface area contributed by atoms with Crippen molar-refractivity contribution in [2.75, 3.05) is 11.1 Å².